The fourth-order valence-corrected chi connectivity index (χ4v) is 6.61. The van der Waals surface area contributed by atoms with E-state index in [0.29, 0.717) is 0 Å². The van der Waals surface area contributed by atoms with Gasteiger partial charge in [-0.15, -0.1) is 0 Å². The van der Waals surface area contributed by atoms with Crippen LogP contribution in [0.2, 0.25) is 0 Å². The lowest BCUT2D eigenvalue weighted by atomic mass is 9.83. The molecule has 8 rings (SSSR count). The zero-order valence-corrected chi connectivity index (χ0v) is 24.0. The largest absolute Gasteiger partial charge is 0.261 e. The van der Waals surface area contributed by atoms with Crippen molar-refractivity contribution >= 4 is 32.3 Å². The molecule has 0 aliphatic rings. The summed E-state index contributed by atoms with van der Waals surface area (Å²) in [5, 5.41) is 7.56. The number of pyridine rings is 1. The molecule has 0 atom stereocenters. The van der Waals surface area contributed by atoms with E-state index in [1.165, 1.54) is 71.3 Å². The quantitative estimate of drug-likeness (QED) is 0.200. The highest BCUT2D eigenvalue weighted by molar-refractivity contribution is 6.24. The van der Waals surface area contributed by atoms with Gasteiger partial charge in [0.05, 0.1) is 0 Å². The molecule has 202 valence electrons. The minimum atomic E-state index is 1.02. The molecule has 0 amide bonds. The fourth-order valence-electron chi connectivity index (χ4n) is 6.61. The van der Waals surface area contributed by atoms with Gasteiger partial charge in [0, 0.05) is 17.5 Å². The summed E-state index contributed by atoms with van der Waals surface area (Å²) in [5.41, 5.74) is 10.8. The van der Waals surface area contributed by atoms with E-state index < -0.39 is 0 Å². The Bertz CT molecular complexity index is 2220. The van der Waals surface area contributed by atoms with Crippen molar-refractivity contribution in [3.63, 3.8) is 0 Å². The molecule has 0 bridgehead atoms. The molecule has 43 heavy (non-hydrogen) atoms. The van der Waals surface area contributed by atoms with Crippen LogP contribution in [0.4, 0.5) is 0 Å². The van der Waals surface area contributed by atoms with Gasteiger partial charge in [-0.25, -0.2) is 0 Å². The van der Waals surface area contributed by atoms with Gasteiger partial charge in [-0.05, 0) is 90.3 Å². The molecule has 0 saturated carbocycles. The summed E-state index contributed by atoms with van der Waals surface area (Å²) in [6, 6.07) is 55.1. The second-order valence-corrected chi connectivity index (χ2v) is 11.2. The first-order valence-electron chi connectivity index (χ1n) is 14.8. The summed E-state index contributed by atoms with van der Waals surface area (Å²) in [5.74, 6) is 0. The van der Waals surface area contributed by atoms with Gasteiger partial charge in [0.2, 0.25) is 0 Å². The Kier molecular flexibility index (Phi) is 6.09. The maximum absolute atomic E-state index is 4.55. The van der Waals surface area contributed by atoms with Crippen LogP contribution >= 0.6 is 0 Å². The van der Waals surface area contributed by atoms with E-state index in [-0.39, 0.29) is 0 Å². The van der Waals surface area contributed by atoms with Crippen LogP contribution in [0.1, 0.15) is 5.69 Å². The Morgan fingerprint density at radius 3 is 1.49 bits per heavy atom. The molecule has 0 aliphatic carbocycles. The first-order valence-corrected chi connectivity index (χ1v) is 14.8. The number of rotatable bonds is 4. The predicted octanol–water partition coefficient (Wildman–Crippen LogP) is 11.5. The number of aryl methyl sites for hydroxylation is 1. The van der Waals surface area contributed by atoms with Gasteiger partial charge in [0.1, 0.15) is 0 Å². The van der Waals surface area contributed by atoms with E-state index in [2.05, 4.69) is 157 Å². The molecule has 0 saturated heterocycles. The second kappa shape index (κ2) is 10.4. The maximum Gasteiger partial charge on any atom is 0.0373 e. The maximum atomic E-state index is 4.55. The van der Waals surface area contributed by atoms with Crippen LogP contribution in [0.25, 0.3) is 76.8 Å². The molecule has 1 heteroatoms. The van der Waals surface area contributed by atoms with Gasteiger partial charge in [-0.1, -0.05) is 140 Å². The van der Waals surface area contributed by atoms with E-state index in [0.717, 1.165) is 11.3 Å². The van der Waals surface area contributed by atoms with Crippen molar-refractivity contribution in [3.8, 4) is 44.5 Å². The van der Waals surface area contributed by atoms with Crippen LogP contribution in [0.3, 0.4) is 0 Å². The lowest BCUT2D eigenvalue weighted by molar-refractivity contribution is 1.20. The van der Waals surface area contributed by atoms with Gasteiger partial charge < -0.3 is 0 Å². The van der Waals surface area contributed by atoms with Crippen LogP contribution < -0.4 is 0 Å². The number of fused-ring (bicyclic) bond motifs is 3. The Labute approximate surface area is 251 Å². The summed E-state index contributed by atoms with van der Waals surface area (Å²) in [6.07, 6.45) is 1.97. The predicted molar refractivity (Wildman–Crippen MR) is 183 cm³/mol. The van der Waals surface area contributed by atoms with Crippen molar-refractivity contribution in [2.24, 2.45) is 0 Å². The van der Waals surface area contributed by atoms with Crippen molar-refractivity contribution in [3.05, 3.63) is 164 Å². The van der Waals surface area contributed by atoms with Gasteiger partial charge in [0.25, 0.3) is 0 Å². The molecule has 0 spiro atoms. The number of hydrogen-bond donors (Lipinski definition) is 0. The molecule has 8 aromatic rings. The molecule has 1 heterocycles. The molecule has 7 aromatic carbocycles. The molecule has 0 N–H and O–H groups in total. The van der Waals surface area contributed by atoms with Crippen molar-refractivity contribution in [2.75, 3.05) is 0 Å². The Morgan fingerprint density at radius 1 is 0.349 bits per heavy atom. The highest BCUT2D eigenvalue weighted by Gasteiger charge is 2.19. The zero-order valence-electron chi connectivity index (χ0n) is 24.0. The Morgan fingerprint density at radius 2 is 0.860 bits per heavy atom. The minimum absolute atomic E-state index is 1.02. The van der Waals surface area contributed by atoms with Crippen molar-refractivity contribution in [1.82, 2.24) is 4.98 Å². The third-order valence-corrected chi connectivity index (χ3v) is 8.61. The van der Waals surface area contributed by atoms with Crippen LogP contribution in [0, 0.1) is 6.92 Å². The number of benzene rings is 7. The third kappa shape index (κ3) is 4.29. The summed E-state index contributed by atoms with van der Waals surface area (Å²) in [4.78, 5) is 4.55. The van der Waals surface area contributed by atoms with E-state index in [4.69, 9.17) is 0 Å². The van der Waals surface area contributed by atoms with Gasteiger partial charge in [-0.3, -0.25) is 4.98 Å². The molecule has 1 nitrogen and oxygen atoms in total. The van der Waals surface area contributed by atoms with Crippen molar-refractivity contribution in [1.29, 1.82) is 0 Å². The van der Waals surface area contributed by atoms with Crippen molar-refractivity contribution in [2.45, 2.75) is 6.92 Å². The highest BCUT2D eigenvalue weighted by Crippen LogP contribution is 2.46. The number of hydrogen-bond acceptors (Lipinski definition) is 1. The lowest BCUT2D eigenvalue weighted by Gasteiger charge is -2.20. The van der Waals surface area contributed by atoms with E-state index in [9.17, 15) is 0 Å². The first kappa shape index (κ1) is 25.2. The molecule has 0 radical (unpaired) electrons. The average molecular weight is 548 g/mol. The summed E-state index contributed by atoms with van der Waals surface area (Å²) in [6.45, 7) is 2.03. The van der Waals surface area contributed by atoms with E-state index >= 15 is 0 Å². The molecule has 0 unspecified atom stereocenters. The molecule has 0 fully saturated rings. The van der Waals surface area contributed by atoms with Gasteiger partial charge in [0.15, 0.2) is 0 Å². The molecular weight excluding hydrogens is 518 g/mol. The van der Waals surface area contributed by atoms with E-state index in [1.807, 2.05) is 13.1 Å². The van der Waals surface area contributed by atoms with Gasteiger partial charge >= 0.3 is 0 Å². The Balaban J connectivity index is 1.42. The Hall–Kier alpha value is -5.53. The SMILES string of the molecule is Cc1ccc(-c2cccc(-c3c4ccccc4c(-c4ccc(-c5ccccc5)c5ccccc45)c4ccccc34)c2)cn1. The fraction of sp³-hybridized carbons (Fsp3) is 0.0238. The van der Waals surface area contributed by atoms with E-state index in [1.54, 1.807) is 0 Å². The minimum Gasteiger partial charge on any atom is -0.261 e. The summed E-state index contributed by atoms with van der Waals surface area (Å²) < 4.78 is 0. The lowest BCUT2D eigenvalue weighted by Crippen LogP contribution is -1.93. The smallest absolute Gasteiger partial charge is 0.0373 e. The molecular formula is C42H29N. The van der Waals surface area contributed by atoms with Crippen LogP contribution in [0.5, 0.6) is 0 Å². The average Bonchev–Trinajstić information content (AvgIpc) is 3.07. The van der Waals surface area contributed by atoms with Crippen LogP contribution in [-0.4, -0.2) is 4.98 Å². The monoisotopic (exact) mass is 547 g/mol. The topological polar surface area (TPSA) is 12.9 Å². The molecule has 1 aromatic heterocycles. The highest BCUT2D eigenvalue weighted by atomic mass is 14.7. The van der Waals surface area contributed by atoms with Gasteiger partial charge in [-0.2, -0.15) is 0 Å². The first-order chi connectivity index (χ1) is 21.3. The van der Waals surface area contributed by atoms with Crippen molar-refractivity contribution < 1.29 is 0 Å². The standard InChI is InChI=1S/C42H29N/c1-28-22-23-32(27-43-28)30-14-11-15-31(26-30)41-36-18-7-9-20-38(36)42(39-21-10-8-19-37(39)41)40-25-24-33(29-12-3-2-4-13-29)34-16-5-6-17-35(34)40/h2-27H,1H3. The molecule has 0 aliphatic heterocycles. The van der Waals surface area contributed by atoms with Crippen LogP contribution in [0.15, 0.2) is 158 Å². The zero-order chi connectivity index (χ0) is 28.8. The number of nitrogens with zero attached hydrogens (tertiary/aromatic N) is 1. The van der Waals surface area contributed by atoms with Crippen LogP contribution in [-0.2, 0) is 0 Å². The second-order valence-electron chi connectivity index (χ2n) is 11.2. The number of aromatic nitrogens is 1. The summed E-state index contributed by atoms with van der Waals surface area (Å²) >= 11 is 0. The third-order valence-electron chi connectivity index (χ3n) is 8.61. The summed E-state index contributed by atoms with van der Waals surface area (Å²) in [7, 11) is 0. The normalized spacial score (nSPS) is 11.4.